The van der Waals surface area contributed by atoms with E-state index in [0.29, 0.717) is 12.0 Å². The summed E-state index contributed by atoms with van der Waals surface area (Å²) in [6.45, 7) is 5.61. The fraction of sp³-hybridized carbons (Fsp3) is 0.692. The number of aromatic nitrogens is 2. The van der Waals surface area contributed by atoms with Gasteiger partial charge in [0.15, 0.2) is 0 Å². The van der Waals surface area contributed by atoms with Crippen LogP contribution in [-0.2, 0) is 0 Å². The molecule has 0 aromatic carbocycles. The van der Waals surface area contributed by atoms with Crippen LogP contribution in [0.5, 0.6) is 0 Å². The molecule has 1 aliphatic rings. The lowest BCUT2D eigenvalue weighted by atomic mass is 9.92. The lowest BCUT2D eigenvalue weighted by Crippen LogP contribution is -2.29. The Morgan fingerprint density at radius 2 is 2.06 bits per heavy atom. The van der Waals surface area contributed by atoms with Crippen molar-refractivity contribution in [2.24, 2.45) is 11.8 Å². The van der Waals surface area contributed by atoms with E-state index < -0.39 is 0 Å². The summed E-state index contributed by atoms with van der Waals surface area (Å²) in [7, 11) is 0. The molecule has 2 rings (SSSR count). The van der Waals surface area contributed by atoms with Gasteiger partial charge in [-0.25, -0.2) is 9.97 Å². The number of nitrogens with one attached hydrogen (secondary N) is 1. The topological polar surface area (TPSA) is 37.8 Å². The molecule has 0 amide bonds. The van der Waals surface area contributed by atoms with Crippen LogP contribution in [0.4, 0.5) is 0 Å². The van der Waals surface area contributed by atoms with Gasteiger partial charge in [0.2, 0.25) is 0 Å². The third-order valence-electron chi connectivity index (χ3n) is 3.45. The standard InChI is InChI=1S/C13H21N3/c1-3-6-16-13(10(2)11-4-5-11)12-7-14-9-15-8-12/h7-11,13,16H,3-6H2,1-2H3. The van der Waals surface area contributed by atoms with Gasteiger partial charge >= 0.3 is 0 Å². The van der Waals surface area contributed by atoms with Gasteiger partial charge < -0.3 is 5.32 Å². The molecule has 1 N–H and O–H groups in total. The molecular weight excluding hydrogens is 198 g/mol. The average molecular weight is 219 g/mol. The Kier molecular flexibility index (Phi) is 3.88. The van der Waals surface area contributed by atoms with Crippen molar-refractivity contribution in [1.82, 2.24) is 15.3 Å². The minimum atomic E-state index is 0.425. The van der Waals surface area contributed by atoms with Gasteiger partial charge in [-0.2, -0.15) is 0 Å². The van der Waals surface area contributed by atoms with Gasteiger partial charge in [0, 0.05) is 24.0 Å². The maximum Gasteiger partial charge on any atom is 0.115 e. The SMILES string of the molecule is CCCNC(c1cncnc1)C(C)C1CC1. The second-order valence-corrected chi connectivity index (χ2v) is 4.80. The van der Waals surface area contributed by atoms with E-state index in [-0.39, 0.29) is 0 Å². The zero-order valence-corrected chi connectivity index (χ0v) is 10.2. The van der Waals surface area contributed by atoms with E-state index in [1.807, 2.05) is 12.4 Å². The predicted molar refractivity (Wildman–Crippen MR) is 65.0 cm³/mol. The summed E-state index contributed by atoms with van der Waals surface area (Å²) in [5.41, 5.74) is 1.23. The molecular formula is C13H21N3. The molecule has 1 aromatic rings. The van der Waals surface area contributed by atoms with Crippen LogP contribution in [0.15, 0.2) is 18.7 Å². The van der Waals surface area contributed by atoms with Gasteiger partial charge in [-0.15, -0.1) is 0 Å². The molecule has 88 valence electrons. The van der Waals surface area contributed by atoms with E-state index in [1.165, 1.54) is 24.8 Å². The van der Waals surface area contributed by atoms with Crippen LogP contribution in [0.2, 0.25) is 0 Å². The lowest BCUT2D eigenvalue weighted by molar-refractivity contribution is 0.348. The van der Waals surface area contributed by atoms with Crippen molar-refractivity contribution in [3.8, 4) is 0 Å². The fourth-order valence-corrected chi connectivity index (χ4v) is 2.27. The van der Waals surface area contributed by atoms with E-state index in [9.17, 15) is 0 Å². The zero-order chi connectivity index (χ0) is 11.4. The maximum atomic E-state index is 4.12. The van der Waals surface area contributed by atoms with Crippen molar-refractivity contribution in [3.05, 3.63) is 24.3 Å². The molecule has 0 bridgehead atoms. The molecule has 1 aromatic heterocycles. The summed E-state index contributed by atoms with van der Waals surface area (Å²) in [6, 6.07) is 0.425. The molecule has 1 fully saturated rings. The molecule has 1 heterocycles. The van der Waals surface area contributed by atoms with Crippen molar-refractivity contribution in [3.63, 3.8) is 0 Å². The Balaban J connectivity index is 2.07. The van der Waals surface area contributed by atoms with Crippen LogP contribution in [0, 0.1) is 11.8 Å². The van der Waals surface area contributed by atoms with Gasteiger partial charge in [0.25, 0.3) is 0 Å². The van der Waals surface area contributed by atoms with Crippen molar-refractivity contribution in [1.29, 1.82) is 0 Å². The molecule has 1 saturated carbocycles. The Morgan fingerprint density at radius 3 is 2.62 bits per heavy atom. The van der Waals surface area contributed by atoms with Crippen LogP contribution in [0.3, 0.4) is 0 Å². The monoisotopic (exact) mass is 219 g/mol. The Hall–Kier alpha value is -0.960. The smallest absolute Gasteiger partial charge is 0.115 e. The third kappa shape index (κ3) is 2.79. The van der Waals surface area contributed by atoms with Crippen LogP contribution in [-0.4, -0.2) is 16.5 Å². The summed E-state index contributed by atoms with van der Waals surface area (Å²) < 4.78 is 0. The highest BCUT2D eigenvalue weighted by Gasteiger charge is 2.33. The first-order chi connectivity index (χ1) is 7.83. The van der Waals surface area contributed by atoms with Crippen molar-refractivity contribution in [2.75, 3.05) is 6.54 Å². The van der Waals surface area contributed by atoms with Crippen LogP contribution in [0.1, 0.15) is 44.7 Å². The highest BCUT2D eigenvalue weighted by Crippen LogP contribution is 2.42. The van der Waals surface area contributed by atoms with Gasteiger partial charge in [-0.05, 0) is 37.6 Å². The van der Waals surface area contributed by atoms with E-state index in [0.717, 1.165) is 12.5 Å². The largest absolute Gasteiger partial charge is 0.310 e. The molecule has 3 nitrogen and oxygen atoms in total. The molecule has 0 spiro atoms. The second kappa shape index (κ2) is 5.39. The van der Waals surface area contributed by atoms with Gasteiger partial charge in [0.05, 0.1) is 0 Å². The van der Waals surface area contributed by atoms with Gasteiger partial charge in [0.1, 0.15) is 6.33 Å². The number of nitrogens with zero attached hydrogens (tertiary/aromatic N) is 2. The van der Waals surface area contributed by atoms with Crippen molar-refractivity contribution in [2.45, 2.75) is 39.2 Å². The summed E-state index contributed by atoms with van der Waals surface area (Å²) in [6.07, 6.45) is 9.43. The maximum absolute atomic E-state index is 4.12. The molecule has 3 heteroatoms. The zero-order valence-electron chi connectivity index (χ0n) is 10.2. The molecule has 16 heavy (non-hydrogen) atoms. The molecule has 1 aliphatic carbocycles. The van der Waals surface area contributed by atoms with E-state index in [4.69, 9.17) is 0 Å². The summed E-state index contributed by atoms with van der Waals surface area (Å²) in [4.78, 5) is 8.25. The lowest BCUT2D eigenvalue weighted by Gasteiger charge is -2.25. The molecule has 0 aliphatic heterocycles. The Bertz CT molecular complexity index is 308. The van der Waals surface area contributed by atoms with Crippen LogP contribution >= 0.6 is 0 Å². The first kappa shape index (κ1) is 11.5. The van der Waals surface area contributed by atoms with Crippen molar-refractivity contribution >= 4 is 0 Å². The first-order valence-corrected chi connectivity index (χ1v) is 6.31. The van der Waals surface area contributed by atoms with E-state index in [2.05, 4.69) is 29.1 Å². The highest BCUT2D eigenvalue weighted by atomic mass is 14.9. The molecule has 0 saturated heterocycles. The first-order valence-electron chi connectivity index (χ1n) is 6.31. The van der Waals surface area contributed by atoms with Crippen LogP contribution in [0.25, 0.3) is 0 Å². The molecule has 2 atom stereocenters. The predicted octanol–water partition coefficient (Wildman–Crippen LogP) is 2.56. The molecule has 2 unspecified atom stereocenters. The Morgan fingerprint density at radius 1 is 1.38 bits per heavy atom. The summed E-state index contributed by atoms with van der Waals surface area (Å²) in [5, 5.41) is 3.63. The number of rotatable bonds is 6. The fourth-order valence-electron chi connectivity index (χ4n) is 2.27. The normalized spacial score (nSPS) is 19.4. The minimum absolute atomic E-state index is 0.425. The average Bonchev–Trinajstić information content (AvgIpc) is 3.14. The third-order valence-corrected chi connectivity index (χ3v) is 3.45. The van der Waals surface area contributed by atoms with Gasteiger partial charge in [-0.1, -0.05) is 13.8 Å². The summed E-state index contributed by atoms with van der Waals surface area (Å²) >= 11 is 0. The van der Waals surface area contributed by atoms with Gasteiger partial charge in [-0.3, -0.25) is 0 Å². The summed E-state index contributed by atoms with van der Waals surface area (Å²) in [5.74, 6) is 1.59. The van der Waals surface area contributed by atoms with E-state index >= 15 is 0 Å². The number of hydrogen-bond donors (Lipinski definition) is 1. The number of hydrogen-bond acceptors (Lipinski definition) is 3. The van der Waals surface area contributed by atoms with E-state index in [1.54, 1.807) is 6.33 Å². The molecule has 0 radical (unpaired) electrons. The second-order valence-electron chi connectivity index (χ2n) is 4.80. The van der Waals surface area contributed by atoms with Crippen molar-refractivity contribution < 1.29 is 0 Å². The Labute approximate surface area is 97.7 Å². The highest BCUT2D eigenvalue weighted by molar-refractivity contribution is 5.11. The quantitative estimate of drug-likeness (QED) is 0.799. The minimum Gasteiger partial charge on any atom is -0.310 e. The van der Waals surface area contributed by atoms with Crippen LogP contribution < -0.4 is 5.32 Å².